The lowest BCUT2D eigenvalue weighted by Gasteiger charge is -2.13. The summed E-state index contributed by atoms with van der Waals surface area (Å²) in [6.07, 6.45) is 10.3. The van der Waals surface area contributed by atoms with Crippen molar-refractivity contribution in [1.82, 2.24) is 4.98 Å². The van der Waals surface area contributed by atoms with E-state index in [-0.39, 0.29) is 18.2 Å². The molecular weight excluding hydrogens is 454 g/mol. The molecule has 0 spiro atoms. The van der Waals surface area contributed by atoms with Gasteiger partial charge in [-0.15, -0.1) is 11.3 Å². The van der Waals surface area contributed by atoms with Crippen molar-refractivity contribution in [3.05, 3.63) is 50.4 Å². The molecular formula is C22H28BrNO4S. The summed E-state index contributed by atoms with van der Waals surface area (Å²) < 4.78 is 12.0. The summed E-state index contributed by atoms with van der Waals surface area (Å²) in [7, 11) is 0. The third-order valence-corrected chi connectivity index (χ3v) is 5.46. The molecule has 29 heavy (non-hydrogen) atoms. The second kappa shape index (κ2) is 12.1. The normalized spacial score (nSPS) is 26.2. The van der Waals surface area contributed by atoms with Gasteiger partial charge in [0.15, 0.2) is 0 Å². The maximum absolute atomic E-state index is 12.2. The fourth-order valence-corrected chi connectivity index (χ4v) is 4.19. The Bertz CT molecular complexity index is 792. The van der Waals surface area contributed by atoms with Crippen LogP contribution in [0.15, 0.2) is 39.7 Å². The van der Waals surface area contributed by atoms with Crippen LogP contribution in [0, 0.1) is 0 Å². The van der Waals surface area contributed by atoms with E-state index >= 15 is 0 Å². The molecule has 1 aliphatic rings. The van der Waals surface area contributed by atoms with Gasteiger partial charge in [0, 0.05) is 30.7 Å². The third kappa shape index (κ3) is 9.54. The number of hydrogen-bond acceptors (Lipinski definition) is 6. The number of fused-ring (bicyclic) bond motifs is 2. The van der Waals surface area contributed by atoms with E-state index in [9.17, 15) is 9.59 Å². The minimum Gasteiger partial charge on any atom is -0.462 e. The highest BCUT2D eigenvalue weighted by atomic mass is 79.9. The molecule has 0 radical (unpaired) electrons. The fraction of sp³-hybridized carbons (Fsp3) is 0.500. The Labute approximate surface area is 185 Å². The number of ether oxygens (including phenoxy) is 2. The van der Waals surface area contributed by atoms with Gasteiger partial charge in [0.05, 0.1) is 10.7 Å². The average Bonchev–Trinajstić information content (AvgIpc) is 3.04. The van der Waals surface area contributed by atoms with E-state index in [1.165, 1.54) is 6.08 Å². The highest BCUT2D eigenvalue weighted by molar-refractivity contribution is 9.11. The molecule has 0 fully saturated rings. The number of allylic oxidation sites excluding steroid dienone is 3. The molecule has 0 saturated carbocycles. The molecule has 0 amide bonds. The Balaban J connectivity index is 2.16. The smallest absolute Gasteiger partial charge is 0.331 e. The number of thiazole rings is 1. The van der Waals surface area contributed by atoms with Crippen LogP contribution in [0.2, 0.25) is 0 Å². The van der Waals surface area contributed by atoms with Crippen LogP contribution in [0.1, 0.15) is 57.2 Å². The topological polar surface area (TPSA) is 65.5 Å². The largest absolute Gasteiger partial charge is 0.462 e. The lowest BCUT2D eigenvalue weighted by molar-refractivity contribution is -0.148. The molecule has 5 nitrogen and oxygen atoms in total. The highest BCUT2D eigenvalue weighted by Crippen LogP contribution is 2.18. The first-order chi connectivity index (χ1) is 13.8. The van der Waals surface area contributed by atoms with Gasteiger partial charge in [-0.2, -0.15) is 0 Å². The number of aromatic nitrogens is 1. The Morgan fingerprint density at radius 1 is 1.24 bits per heavy atom. The average molecular weight is 482 g/mol. The predicted octanol–water partition coefficient (Wildman–Crippen LogP) is 5.45. The highest BCUT2D eigenvalue weighted by Gasteiger charge is 2.15. The van der Waals surface area contributed by atoms with Gasteiger partial charge in [-0.05, 0) is 50.6 Å². The number of nitrogens with zero attached hydrogens (tertiary/aromatic N) is 1. The van der Waals surface area contributed by atoms with Crippen molar-refractivity contribution in [3.8, 4) is 0 Å². The van der Waals surface area contributed by atoms with Crippen LogP contribution in [-0.2, 0) is 31.9 Å². The molecule has 158 valence electrons. The number of cyclic esters (lactones) is 2. The van der Waals surface area contributed by atoms with E-state index in [0.29, 0.717) is 19.3 Å². The second-order valence-corrected chi connectivity index (χ2v) is 9.44. The van der Waals surface area contributed by atoms with Gasteiger partial charge in [0.1, 0.15) is 12.2 Å². The molecule has 0 unspecified atom stereocenters. The summed E-state index contributed by atoms with van der Waals surface area (Å²) in [6.45, 7) is 5.73. The number of carbonyl (C=O) groups excluding carboxylic acids is 2. The first-order valence-electron chi connectivity index (χ1n) is 9.83. The van der Waals surface area contributed by atoms with Crippen LogP contribution in [0.4, 0.5) is 0 Å². The van der Waals surface area contributed by atoms with Gasteiger partial charge in [-0.25, -0.2) is 9.78 Å². The van der Waals surface area contributed by atoms with Crippen molar-refractivity contribution < 1.29 is 19.1 Å². The maximum atomic E-state index is 12.2. The summed E-state index contributed by atoms with van der Waals surface area (Å²) in [6, 6.07) is 0. The zero-order chi connectivity index (χ0) is 21.2. The van der Waals surface area contributed by atoms with Gasteiger partial charge < -0.3 is 9.47 Å². The molecule has 2 bridgehead atoms. The summed E-state index contributed by atoms with van der Waals surface area (Å²) in [5.41, 5.74) is 2.03. The minimum absolute atomic E-state index is 0.166. The van der Waals surface area contributed by atoms with Crippen LogP contribution < -0.4 is 0 Å². The monoisotopic (exact) mass is 481 g/mol. The molecule has 2 rings (SSSR count). The Hall–Kier alpha value is -1.73. The van der Waals surface area contributed by atoms with E-state index in [4.69, 9.17) is 9.47 Å². The molecule has 0 aromatic carbocycles. The van der Waals surface area contributed by atoms with E-state index in [0.717, 1.165) is 40.0 Å². The van der Waals surface area contributed by atoms with Gasteiger partial charge in [-0.3, -0.25) is 4.79 Å². The molecule has 7 heteroatoms. The lowest BCUT2D eigenvalue weighted by atomic mass is 10.1. The summed E-state index contributed by atoms with van der Waals surface area (Å²) in [5, 5.41) is 2.96. The number of rotatable bonds is 1. The standard InChI is InChI=1S/C22H28BrNO4S/c1-15-7-6-10-22(26)28-19(12-16(2)23)13-20-24-18(14-29-20)8-4-5-9-21(25)27-17(3)11-15/h6-7,10,12,14,17,19H,4-5,8-9,11,13H2,1-3H3/b10-6-,15-7+,16-12-/t17-,19+/m0/s1. The van der Waals surface area contributed by atoms with Crippen LogP contribution in [-0.4, -0.2) is 29.1 Å². The maximum Gasteiger partial charge on any atom is 0.331 e. The van der Waals surface area contributed by atoms with E-state index in [1.54, 1.807) is 17.4 Å². The quantitative estimate of drug-likeness (QED) is 0.499. The van der Waals surface area contributed by atoms with E-state index in [1.807, 2.05) is 38.3 Å². The van der Waals surface area contributed by atoms with Crippen LogP contribution in [0.25, 0.3) is 0 Å². The van der Waals surface area contributed by atoms with Gasteiger partial charge >= 0.3 is 11.9 Å². The Morgan fingerprint density at radius 2 is 2.00 bits per heavy atom. The number of esters is 2. The van der Waals surface area contributed by atoms with Crippen LogP contribution >= 0.6 is 27.3 Å². The molecule has 2 atom stereocenters. The second-order valence-electron chi connectivity index (χ2n) is 7.25. The summed E-state index contributed by atoms with van der Waals surface area (Å²) >= 11 is 4.98. The van der Waals surface area contributed by atoms with Gasteiger partial charge in [0.25, 0.3) is 0 Å². The van der Waals surface area contributed by atoms with Crippen molar-refractivity contribution in [2.45, 2.75) is 71.5 Å². The Kier molecular flexibility index (Phi) is 9.81. The van der Waals surface area contributed by atoms with E-state index in [2.05, 4.69) is 20.9 Å². The van der Waals surface area contributed by atoms with Gasteiger partial charge in [-0.1, -0.05) is 33.7 Å². The molecule has 1 aromatic heterocycles. The van der Waals surface area contributed by atoms with Crippen molar-refractivity contribution in [2.75, 3.05) is 0 Å². The molecule has 1 aliphatic heterocycles. The van der Waals surface area contributed by atoms with Crippen molar-refractivity contribution in [3.63, 3.8) is 0 Å². The first-order valence-corrected chi connectivity index (χ1v) is 11.5. The molecule has 0 N–H and O–H groups in total. The molecule has 0 saturated heterocycles. The Morgan fingerprint density at radius 3 is 2.76 bits per heavy atom. The number of aryl methyl sites for hydroxylation is 1. The number of halogens is 1. The zero-order valence-electron chi connectivity index (χ0n) is 17.2. The minimum atomic E-state index is -0.404. The van der Waals surface area contributed by atoms with Crippen molar-refractivity contribution >= 4 is 39.2 Å². The van der Waals surface area contributed by atoms with Crippen LogP contribution in [0.3, 0.4) is 0 Å². The number of hydrogen-bond donors (Lipinski definition) is 0. The predicted molar refractivity (Wildman–Crippen MR) is 119 cm³/mol. The van der Waals surface area contributed by atoms with Crippen molar-refractivity contribution in [1.29, 1.82) is 0 Å². The molecule has 1 aromatic rings. The zero-order valence-corrected chi connectivity index (χ0v) is 19.6. The molecule has 2 heterocycles. The summed E-state index contributed by atoms with van der Waals surface area (Å²) in [5.74, 6) is -0.570. The first kappa shape index (κ1) is 23.5. The fourth-order valence-electron chi connectivity index (χ4n) is 3.02. The van der Waals surface area contributed by atoms with Gasteiger partial charge in [0.2, 0.25) is 0 Å². The SMILES string of the molecule is C/C(Br)=C/[C@@H]1Cc2nc(cs2)CCCCC(=O)O[C@@H](C)C/C(C)=C/C=C\C(=O)O1. The van der Waals surface area contributed by atoms with E-state index < -0.39 is 5.97 Å². The van der Waals surface area contributed by atoms with Crippen LogP contribution in [0.5, 0.6) is 0 Å². The number of carbonyl (C=O) groups is 2. The van der Waals surface area contributed by atoms with Crippen molar-refractivity contribution in [2.24, 2.45) is 0 Å². The summed E-state index contributed by atoms with van der Waals surface area (Å²) in [4.78, 5) is 28.9. The third-order valence-electron chi connectivity index (χ3n) is 4.28. The molecule has 0 aliphatic carbocycles. The lowest BCUT2D eigenvalue weighted by Crippen LogP contribution is -2.17.